The smallest absolute Gasteiger partial charge is 0.243 e. The first-order chi connectivity index (χ1) is 11.4. The molecule has 1 aromatic carbocycles. The number of benzene rings is 1. The summed E-state index contributed by atoms with van der Waals surface area (Å²) in [6.07, 6.45) is 4.95. The van der Waals surface area contributed by atoms with E-state index in [-0.39, 0.29) is 11.3 Å². The molecule has 24 heavy (non-hydrogen) atoms. The van der Waals surface area contributed by atoms with E-state index in [1.807, 2.05) is 11.6 Å². The summed E-state index contributed by atoms with van der Waals surface area (Å²) < 4.78 is 30.5. The zero-order valence-electron chi connectivity index (χ0n) is 13.4. The number of hydrogen-bond donors (Lipinski definition) is 0. The topological polar surface area (TPSA) is 68.1 Å². The maximum Gasteiger partial charge on any atom is 0.243 e. The maximum absolute atomic E-state index is 13.0. The van der Waals surface area contributed by atoms with Gasteiger partial charge in [-0.3, -0.25) is 0 Å². The molecule has 0 amide bonds. The minimum absolute atomic E-state index is 0.0171. The molecule has 2 aliphatic rings. The van der Waals surface area contributed by atoms with Crippen LogP contribution in [0.25, 0.3) is 0 Å². The van der Waals surface area contributed by atoms with E-state index in [4.69, 9.17) is 0 Å². The van der Waals surface area contributed by atoms with E-state index in [9.17, 15) is 8.42 Å². The van der Waals surface area contributed by atoms with Crippen LogP contribution in [0.5, 0.6) is 0 Å². The summed E-state index contributed by atoms with van der Waals surface area (Å²) in [4.78, 5) is 0.346. The Kier molecular flexibility index (Phi) is 3.81. The van der Waals surface area contributed by atoms with Crippen LogP contribution in [0, 0.1) is 5.41 Å². The molecule has 1 aliphatic carbocycles. The largest absolute Gasteiger partial charge is 0.320 e. The first kappa shape index (κ1) is 16.2. The first-order valence-electron chi connectivity index (χ1n) is 8.02. The van der Waals surface area contributed by atoms with Gasteiger partial charge in [0.2, 0.25) is 10.0 Å². The Bertz CT molecular complexity index is 858. The van der Waals surface area contributed by atoms with Crippen molar-refractivity contribution in [3.63, 3.8) is 0 Å². The Balaban J connectivity index is 1.68. The summed E-state index contributed by atoms with van der Waals surface area (Å²) in [5.74, 6) is 1.01. The van der Waals surface area contributed by atoms with Crippen LogP contribution in [0.1, 0.15) is 31.0 Å². The first-order valence-corrected chi connectivity index (χ1v) is 10.3. The molecule has 2 heterocycles. The molecule has 2 aromatic rings. The second-order valence-corrected chi connectivity index (χ2v) is 9.67. The summed E-state index contributed by atoms with van der Waals surface area (Å²) >= 11 is 3.35. The van der Waals surface area contributed by atoms with E-state index < -0.39 is 10.0 Å². The average Bonchev–Trinajstić information content (AvgIpc) is 3.10. The Labute approximate surface area is 150 Å². The number of nitrogens with zero attached hydrogens (tertiary/aromatic N) is 4. The number of sulfonamides is 1. The molecular weight excluding hydrogens is 392 g/mol. The predicted molar refractivity (Wildman–Crippen MR) is 92.9 cm³/mol. The van der Waals surface area contributed by atoms with E-state index in [2.05, 4.69) is 26.1 Å². The third-order valence-electron chi connectivity index (χ3n) is 5.48. The van der Waals surface area contributed by atoms with Gasteiger partial charge in [0.1, 0.15) is 12.2 Å². The summed E-state index contributed by atoms with van der Waals surface area (Å²) in [5, 5.41) is 8.25. The highest BCUT2D eigenvalue weighted by atomic mass is 79.9. The van der Waals surface area contributed by atoms with Gasteiger partial charge in [-0.2, -0.15) is 4.31 Å². The van der Waals surface area contributed by atoms with Crippen molar-refractivity contribution in [2.24, 2.45) is 12.5 Å². The molecule has 1 unspecified atom stereocenters. The molecule has 0 radical (unpaired) electrons. The van der Waals surface area contributed by atoms with Crippen molar-refractivity contribution in [2.75, 3.05) is 13.1 Å². The Morgan fingerprint density at radius 1 is 1.25 bits per heavy atom. The van der Waals surface area contributed by atoms with Crippen LogP contribution in [0.4, 0.5) is 0 Å². The predicted octanol–water partition coefficient (Wildman–Crippen LogP) is 2.54. The van der Waals surface area contributed by atoms with Gasteiger partial charge in [-0.05, 0) is 42.5 Å². The van der Waals surface area contributed by atoms with Crippen molar-refractivity contribution >= 4 is 26.0 Å². The molecule has 1 saturated carbocycles. The molecule has 1 aliphatic heterocycles. The Hall–Kier alpha value is -1.25. The Morgan fingerprint density at radius 2 is 1.96 bits per heavy atom. The molecule has 4 rings (SSSR count). The van der Waals surface area contributed by atoms with Gasteiger partial charge in [0.15, 0.2) is 0 Å². The van der Waals surface area contributed by atoms with Crippen LogP contribution >= 0.6 is 15.9 Å². The van der Waals surface area contributed by atoms with Crippen molar-refractivity contribution < 1.29 is 8.42 Å². The molecule has 1 aromatic heterocycles. The zero-order valence-corrected chi connectivity index (χ0v) is 15.8. The van der Waals surface area contributed by atoms with Crippen LogP contribution < -0.4 is 0 Å². The third-order valence-corrected chi connectivity index (χ3v) is 7.83. The molecule has 0 bridgehead atoms. The minimum atomic E-state index is -3.48. The molecule has 8 heteroatoms. The number of aromatic nitrogens is 3. The lowest BCUT2D eigenvalue weighted by atomic mass is 9.62. The monoisotopic (exact) mass is 410 g/mol. The van der Waals surface area contributed by atoms with Gasteiger partial charge in [-0.25, -0.2) is 8.42 Å². The van der Waals surface area contributed by atoms with Crippen molar-refractivity contribution in [3.05, 3.63) is 40.9 Å². The van der Waals surface area contributed by atoms with Gasteiger partial charge >= 0.3 is 0 Å². The van der Waals surface area contributed by atoms with Crippen LogP contribution in [0.15, 0.2) is 40.0 Å². The normalized spacial score (nSPS) is 23.5. The standard InChI is InChI=1S/C16H19BrN4O2S/c1-20-11-18-19-15(20)14-9-21(10-16(14)7-2-8-16)24(22,23)13-5-3-12(17)4-6-13/h3-6,11,14H,2,7-10H2,1H3. The SMILES string of the molecule is Cn1cnnc1C1CN(S(=O)(=O)c2ccc(Br)cc2)CC12CCC2. The van der Waals surface area contributed by atoms with Crippen molar-refractivity contribution in [2.45, 2.75) is 30.1 Å². The number of halogens is 1. The van der Waals surface area contributed by atoms with Gasteiger partial charge in [0.25, 0.3) is 0 Å². The lowest BCUT2D eigenvalue weighted by Crippen LogP contribution is -2.38. The van der Waals surface area contributed by atoms with Crippen LogP contribution in [-0.4, -0.2) is 40.6 Å². The number of rotatable bonds is 3. The second-order valence-electron chi connectivity index (χ2n) is 6.82. The summed E-state index contributed by atoms with van der Waals surface area (Å²) in [6, 6.07) is 6.84. The van der Waals surface area contributed by atoms with E-state index >= 15 is 0 Å². The van der Waals surface area contributed by atoms with Gasteiger partial charge in [0, 0.05) is 30.5 Å². The van der Waals surface area contributed by atoms with Gasteiger partial charge in [-0.15, -0.1) is 10.2 Å². The fraction of sp³-hybridized carbons (Fsp3) is 0.500. The molecule has 1 spiro atoms. The summed E-state index contributed by atoms with van der Waals surface area (Å²) in [5.41, 5.74) is 0.0171. The molecule has 6 nitrogen and oxygen atoms in total. The fourth-order valence-electron chi connectivity index (χ4n) is 3.96. The Morgan fingerprint density at radius 3 is 2.50 bits per heavy atom. The average molecular weight is 411 g/mol. The highest BCUT2D eigenvalue weighted by molar-refractivity contribution is 9.10. The quantitative estimate of drug-likeness (QED) is 0.779. The molecule has 128 valence electrons. The zero-order chi connectivity index (χ0) is 16.9. The highest BCUT2D eigenvalue weighted by Gasteiger charge is 2.55. The maximum atomic E-state index is 13.0. The number of aryl methyl sites for hydroxylation is 1. The minimum Gasteiger partial charge on any atom is -0.320 e. The molecule has 1 atom stereocenters. The lowest BCUT2D eigenvalue weighted by molar-refractivity contribution is 0.126. The van der Waals surface area contributed by atoms with E-state index in [1.165, 1.54) is 0 Å². The van der Waals surface area contributed by atoms with Gasteiger partial charge in [-0.1, -0.05) is 22.4 Å². The lowest BCUT2D eigenvalue weighted by Gasteiger charge is -2.42. The number of hydrogen-bond acceptors (Lipinski definition) is 4. The van der Waals surface area contributed by atoms with Crippen molar-refractivity contribution in [1.82, 2.24) is 19.1 Å². The summed E-state index contributed by atoms with van der Waals surface area (Å²) in [7, 11) is -1.56. The van der Waals surface area contributed by atoms with E-state index in [1.54, 1.807) is 34.9 Å². The third kappa shape index (κ3) is 2.43. The van der Waals surface area contributed by atoms with Crippen molar-refractivity contribution in [3.8, 4) is 0 Å². The highest BCUT2D eigenvalue weighted by Crippen LogP contribution is 2.56. The molecule has 2 fully saturated rings. The van der Waals surface area contributed by atoms with Crippen LogP contribution in [-0.2, 0) is 17.1 Å². The van der Waals surface area contributed by atoms with Crippen LogP contribution in [0.2, 0.25) is 0 Å². The molecule has 0 N–H and O–H groups in total. The molecular formula is C16H19BrN4O2S. The van der Waals surface area contributed by atoms with Crippen molar-refractivity contribution in [1.29, 1.82) is 0 Å². The fourth-order valence-corrected chi connectivity index (χ4v) is 5.78. The van der Waals surface area contributed by atoms with Crippen LogP contribution in [0.3, 0.4) is 0 Å². The van der Waals surface area contributed by atoms with E-state index in [0.29, 0.717) is 18.0 Å². The molecule has 1 saturated heterocycles. The van der Waals surface area contributed by atoms with Gasteiger partial charge in [0.05, 0.1) is 4.90 Å². The second kappa shape index (κ2) is 5.64. The summed E-state index contributed by atoms with van der Waals surface area (Å²) in [6.45, 7) is 1.05. The van der Waals surface area contributed by atoms with E-state index in [0.717, 1.165) is 29.6 Å². The van der Waals surface area contributed by atoms with Gasteiger partial charge < -0.3 is 4.57 Å².